The second-order valence-electron chi connectivity index (χ2n) is 4.22. The predicted molar refractivity (Wildman–Crippen MR) is 74.9 cm³/mol. The molecule has 116 valence electrons. The average Bonchev–Trinajstić information content (AvgIpc) is 2.90. The van der Waals surface area contributed by atoms with E-state index in [4.69, 9.17) is 0 Å². The molecule has 0 bridgehead atoms. The molecule has 22 heavy (non-hydrogen) atoms. The number of carbonyl (C=O) groups is 2. The Morgan fingerprint density at radius 2 is 1.77 bits per heavy atom. The Hall–Kier alpha value is -2.29. The summed E-state index contributed by atoms with van der Waals surface area (Å²) in [6, 6.07) is 5.36. The van der Waals surface area contributed by atoms with Gasteiger partial charge in [-0.2, -0.15) is 13.2 Å². The van der Waals surface area contributed by atoms with Crippen LogP contribution in [0.4, 0.5) is 13.2 Å². The Bertz CT molecular complexity index is 713. The van der Waals surface area contributed by atoms with E-state index < -0.39 is 23.6 Å². The Morgan fingerprint density at radius 1 is 1.09 bits per heavy atom. The van der Waals surface area contributed by atoms with Crippen molar-refractivity contribution < 1.29 is 22.8 Å². The summed E-state index contributed by atoms with van der Waals surface area (Å²) in [5.41, 5.74) is 3.15. The standard InChI is InChI=1S/C13H9BrF3N3O2/c14-9-5-10(18-6-9)12(22)20-19-11(21)7-2-1-3-8(4-7)13(15,16)17/h1-6,18H,(H,19,21)(H,20,22). The molecule has 0 radical (unpaired) electrons. The van der Waals surface area contributed by atoms with E-state index in [0.29, 0.717) is 10.5 Å². The van der Waals surface area contributed by atoms with E-state index in [1.165, 1.54) is 18.3 Å². The number of alkyl halides is 3. The van der Waals surface area contributed by atoms with Crippen molar-refractivity contribution in [2.24, 2.45) is 0 Å². The maximum absolute atomic E-state index is 12.6. The zero-order valence-electron chi connectivity index (χ0n) is 10.8. The number of rotatable bonds is 2. The highest BCUT2D eigenvalue weighted by Gasteiger charge is 2.30. The first-order valence-corrected chi connectivity index (χ1v) is 6.68. The summed E-state index contributed by atoms with van der Waals surface area (Å²) in [6.45, 7) is 0. The molecule has 0 fully saturated rings. The first-order valence-electron chi connectivity index (χ1n) is 5.89. The summed E-state index contributed by atoms with van der Waals surface area (Å²) in [4.78, 5) is 26.1. The largest absolute Gasteiger partial charge is 0.416 e. The molecule has 5 nitrogen and oxygen atoms in total. The number of benzene rings is 1. The second kappa shape index (κ2) is 6.22. The smallest absolute Gasteiger partial charge is 0.356 e. The normalized spacial score (nSPS) is 11.1. The number of nitrogens with one attached hydrogen (secondary N) is 3. The van der Waals surface area contributed by atoms with E-state index in [1.807, 2.05) is 5.43 Å². The topological polar surface area (TPSA) is 74.0 Å². The van der Waals surface area contributed by atoms with Gasteiger partial charge in [0.1, 0.15) is 5.69 Å². The lowest BCUT2D eigenvalue weighted by Gasteiger charge is -2.09. The molecule has 0 saturated carbocycles. The highest BCUT2D eigenvalue weighted by molar-refractivity contribution is 9.10. The molecule has 0 atom stereocenters. The molecule has 1 heterocycles. The van der Waals surface area contributed by atoms with Crippen LogP contribution >= 0.6 is 15.9 Å². The highest BCUT2D eigenvalue weighted by atomic mass is 79.9. The predicted octanol–water partition coefficient (Wildman–Crippen LogP) is 2.87. The van der Waals surface area contributed by atoms with Gasteiger partial charge in [-0.1, -0.05) is 6.07 Å². The highest BCUT2D eigenvalue weighted by Crippen LogP contribution is 2.29. The minimum absolute atomic E-state index is 0.177. The summed E-state index contributed by atoms with van der Waals surface area (Å²) in [6.07, 6.45) is -3.03. The van der Waals surface area contributed by atoms with Gasteiger partial charge in [0.2, 0.25) is 0 Å². The molecule has 0 spiro atoms. The molecule has 0 saturated heterocycles. The van der Waals surface area contributed by atoms with E-state index in [9.17, 15) is 22.8 Å². The number of hydrogen-bond acceptors (Lipinski definition) is 2. The van der Waals surface area contributed by atoms with Gasteiger partial charge in [0.25, 0.3) is 11.8 Å². The van der Waals surface area contributed by atoms with Gasteiger partial charge in [-0.3, -0.25) is 20.4 Å². The van der Waals surface area contributed by atoms with Crippen molar-refractivity contribution >= 4 is 27.7 Å². The third kappa shape index (κ3) is 3.88. The van der Waals surface area contributed by atoms with Gasteiger partial charge in [0.15, 0.2) is 0 Å². The van der Waals surface area contributed by atoms with Crippen molar-refractivity contribution in [3.8, 4) is 0 Å². The molecule has 3 N–H and O–H groups in total. The molecule has 2 aromatic rings. The monoisotopic (exact) mass is 375 g/mol. The lowest BCUT2D eigenvalue weighted by atomic mass is 10.1. The SMILES string of the molecule is O=C(NNC(=O)c1cc(Br)c[nH]1)c1cccc(C(F)(F)F)c1. The molecule has 1 aromatic heterocycles. The van der Waals surface area contributed by atoms with Crippen LogP contribution in [-0.4, -0.2) is 16.8 Å². The summed E-state index contributed by atoms with van der Waals surface area (Å²) < 4.78 is 38.3. The van der Waals surface area contributed by atoms with Crippen LogP contribution in [0.3, 0.4) is 0 Å². The molecule has 2 rings (SSSR count). The van der Waals surface area contributed by atoms with Crippen LogP contribution in [-0.2, 0) is 6.18 Å². The first kappa shape index (κ1) is 16.1. The number of aromatic amines is 1. The number of hydrogen-bond donors (Lipinski definition) is 3. The van der Waals surface area contributed by atoms with Crippen molar-refractivity contribution in [2.45, 2.75) is 6.18 Å². The minimum Gasteiger partial charge on any atom is -0.356 e. The number of carbonyl (C=O) groups excluding carboxylic acids is 2. The molecule has 0 aliphatic carbocycles. The molecular formula is C13H9BrF3N3O2. The molecule has 1 aromatic carbocycles. The number of H-pyrrole nitrogens is 1. The fourth-order valence-corrected chi connectivity index (χ4v) is 1.93. The summed E-state index contributed by atoms with van der Waals surface area (Å²) in [5, 5.41) is 0. The van der Waals surface area contributed by atoms with Crippen LogP contribution in [0.5, 0.6) is 0 Å². The fourth-order valence-electron chi connectivity index (χ4n) is 1.59. The number of hydrazine groups is 1. The van der Waals surface area contributed by atoms with E-state index in [-0.39, 0.29) is 11.3 Å². The number of halogens is 4. The van der Waals surface area contributed by atoms with Gasteiger partial charge in [0, 0.05) is 16.2 Å². The Kier molecular flexibility index (Phi) is 4.55. The lowest BCUT2D eigenvalue weighted by molar-refractivity contribution is -0.137. The summed E-state index contributed by atoms with van der Waals surface area (Å²) in [5.74, 6) is -1.49. The summed E-state index contributed by atoms with van der Waals surface area (Å²) >= 11 is 3.14. The molecule has 9 heteroatoms. The second-order valence-corrected chi connectivity index (χ2v) is 5.13. The minimum atomic E-state index is -4.55. The van der Waals surface area contributed by atoms with Crippen LogP contribution in [0.15, 0.2) is 41.0 Å². The van der Waals surface area contributed by atoms with Crippen molar-refractivity contribution in [2.75, 3.05) is 0 Å². The van der Waals surface area contributed by atoms with E-state index in [2.05, 4.69) is 26.3 Å². The van der Waals surface area contributed by atoms with Crippen molar-refractivity contribution in [3.63, 3.8) is 0 Å². The van der Waals surface area contributed by atoms with Crippen LogP contribution in [0.25, 0.3) is 0 Å². The zero-order valence-corrected chi connectivity index (χ0v) is 12.4. The zero-order chi connectivity index (χ0) is 16.3. The molecular weight excluding hydrogens is 367 g/mol. The quantitative estimate of drug-likeness (QED) is 0.706. The maximum atomic E-state index is 12.6. The molecule has 0 aliphatic rings. The van der Waals surface area contributed by atoms with Gasteiger partial charge in [-0.25, -0.2) is 0 Å². The van der Waals surface area contributed by atoms with E-state index in [1.54, 1.807) is 0 Å². The fraction of sp³-hybridized carbons (Fsp3) is 0.0769. The van der Waals surface area contributed by atoms with Crippen molar-refractivity contribution in [1.29, 1.82) is 0 Å². The van der Waals surface area contributed by atoms with Crippen LogP contribution in [0.1, 0.15) is 26.4 Å². The van der Waals surface area contributed by atoms with Crippen molar-refractivity contribution in [1.82, 2.24) is 15.8 Å². The third-order valence-electron chi connectivity index (χ3n) is 2.63. The van der Waals surface area contributed by atoms with Crippen molar-refractivity contribution in [3.05, 3.63) is 57.8 Å². The lowest BCUT2D eigenvalue weighted by Crippen LogP contribution is -2.41. The van der Waals surface area contributed by atoms with E-state index >= 15 is 0 Å². The Balaban J connectivity index is 2.02. The average molecular weight is 376 g/mol. The van der Waals surface area contributed by atoms with E-state index in [0.717, 1.165) is 12.1 Å². The Labute approximate surface area is 131 Å². The van der Waals surface area contributed by atoms with Gasteiger partial charge >= 0.3 is 6.18 Å². The molecule has 2 amide bonds. The van der Waals surface area contributed by atoms with Gasteiger partial charge < -0.3 is 4.98 Å². The van der Waals surface area contributed by atoms with Crippen LogP contribution < -0.4 is 10.9 Å². The molecule has 0 unspecified atom stereocenters. The van der Waals surface area contributed by atoms with Crippen LogP contribution in [0, 0.1) is 0 Å². The number of amides is 2. The third-order valence-corrected chi connectivity index (χ3v) is 3.09. The summed E-state index contributed by atoms with van der Waals surface area (Å²) in [7, 11) is 0. The first-order chi connectivity index (χ1) is 10.3. The van der Waals surface area contributed by atoms with Gasteiger partial charge in [0.05, 0.1) is 5.56 Å². The van der Waals surface area contributed by atoms with Crippen LogP contribution in [0.2, 0.25) is 0 Å². The Morgan fingerprint density at radius 3 is 2.36 bits per heavy atom. The number of aromatic nitrogens is 1. The van der Waals surface area contributed by atoms with Gasteiger partial charge in [-0.15, -0.1) is 0 Å². The molecule has 0 aliphatic heterocycles. The van der Waals surface area contributed by atoms with Gasteiger partial charge in [-0.05, 0) is 40.2 Å². The maximum Gasteiger partial charge on any atom is 0.416 e.